The Bertz CT molecular complexity index is 544. The number of benzene rings is 1. The van der Waals surface area contributed by atoms with E-state index in [4.69, 9.17) is 5.11 Å². The molecule has 1 aromatic heterocycles. The van der Waals surface area contributed by atoms with Crippen molar-refractivity contribution < 1.29 is 9.90 Å². The van der Waals surface area contributed by atoms with Gasteiger partial charge in [-0.3, -0.25) is 4.79 Å². The van der Waals surface area contributed by atoms with E-state index in [2.05, 4.69) is 17.5 Å². The summed E-state index contributed by atoms with van der Waals surface area (Å²) in [6, 6.07) is 8.32. The Morgan fingerprint density at radius 2 is 2.25 bits per heavy atom. The number of hydrogen-bond donors (Lipinski definition) is 1. The Hall–Kier alpha value is -1.35. The summed E-state index contributed by atoms with van der Waals surface area (Å²) in [4.78, 5) is 10.8. The second-order valence-corrected chi connectivity index (χ2v) is 5.31. The molecule has 2 nitrogen and oxygen atoms in total. The number of carboxylic acid groups (broad SMARTS) is 1. The minimum Gasteiger partial charge on any atom is -0.481 e. The average Bonchev–Trinajstić information content (AvgIpc) is 2.93. The lowest BCUT2D eigenvalue weighted by molar-refractivity contribution is -0.138. The highest BCUT2D eigenvalue weighted by Crippen LogP contribution is 2.42. The van der Waals surface area contributed by atoms with Crippen molar-refractivity contribution in [2.45, 2.75) is 12.8 Å². The third-order valence-electron chi connectivity index (χ3n) is 3.28. The molecule has 1 fully saturated rings. The number of carboxylic acids is 1. The van der Waals surface area contributed by atoms with E-state index in [-0.39, 0.29) is 5.92 Å². The van der Waals surface area contributed by atoms with Crippen LogP contribution in [-0.2, 0) is 11.2 Å². The predicted octanol–water partition coefficient (Wildman–Crippen LogP) is 3.16. The highest BCUT2D eigenvalue weighted by atomic mass is 32.1. The van der Waals surface area contributed by atoms with Crippen molar-refractivity contribution in [1.29, 1.82) is 0 Å². The molecule has 2 aromatic rings. The fourth-order valence-electron chi connectivity index (χ4n) is 2.25. The molecule has 0 bridgehead atoms. The molecule has 16 heavy (non-hydrogen) atoms. The molecule has 2 atom stereocenters. The number of hydrogen-bond acceptors (Lipinski definition) is 2. The van der Waals surface area contributed by atoms with Crippen LogP contribution >= 0.6 is 11.3 Å². The first kappa shape index (κ1) is 9.85. The summed E-state index contributed by atoms with van der Waals surface area (Å²) in [6.07, 6.45) is 1.76. The van der Waals surface area contributed by atoms with Crippen molar-refractivity contribution in [3.8, 4) is 0 Å². The lowest BCUT2D eigenvalue weighted by Gasteiger charge is -1.97. The smallest absolute Gasteiger partial charge is 0.306 e. The van der Waals surface area contributed by atoms with E-state index in [0.29, 0.717) is 5.92 Å². The Kier molecular flexibility index (Phi) is 2.21. The lowest BCUT2D eigenvalue weighted by Crippen LogP contribution is -2.00. The summed E-state index contributed by atoms with van der Waals surface area (Å²) in [5, 5.41) is 12.3. The highest BCUT2D eigenvalue weighted by Gasteiger charge is 2.43. The summed E-state index contributed by atoms with van der Waals surface area (Å²) in [6.45, 7) is 0. The number of rotatable bonds is 3. The van der Waals surface area contributed by atoms with E-state index in [0.717, 1.165) is 12.8 Å². The largest absolute Gasteiger partial charge is 0.481 e. The number of aliphatic carboxylic acids is 1. The van der Waals surface area contributed by atoms with Gasteiger partial charge in [-0.25, -0.2) is 0 Å². The molecule has 1 N–H and O–H groups in total. The zero-order valence-electron chi connectivity index (χ0n) is 8.72. The first-order chi connectivity index (χ1) is 7.75. The van der Waals surface area contributed by atoms with Gasteiger partial charge in [-0.1, -0.05) is 18.2 Å². The van der Waals surface area contributed by atoms with Gasteiger partial charge in [-0.15, -0.1) is 11.3 Å². The molecule has 82 valence electrons. The molecule has 3 rings (SSSR count). The Morgan fingerprint density at radius 1 is 1.44 bits per heavy atom. The lowest BCUT2D eigenvalue weighted by atomic mass is 10.1. The van der Waals surface area contributed by atoms with Crippen molar-refractivity contribution in [3.63, 3.8) is 0 Å². The van der Waals surface area contributed by atoms with Gasteiger partial charge in [0.2, 0.25) is 0 Å². The fraction of sp³-hybridized carbons (Fsp3) is 0.308. The van der Waals surface area contributed by atoms with Crippen LogP contribution in [0.4, 0.5) is 0 Å². The number of carbonyl (C=O) groups is 1. The monoisotopic (exact) mass is 232 g/mol. The van der Waals surface area contributed by atoms with Gasteiger partial charge in [0.1, 0.15) is 0 Å². The normalized spacial score (nSPS) is 23.5. The molecule has 3 heteroatoms. The van der Waals surface area contributed by atoms with Gasteiger partial charge in [0, 0.05) is 4.70 Å². The Morgan fingerprint density at radius 3 is 3.00 bits per heavy atom. The quantitative estimate of drug-likeness (QED) is 0.882. The third kappa shape index (κ3) is 1.61. The molecule has 1 aliphatic carbocycles. The molecule has 0 amide bonds. The molecular formula is C13H12O2S. The third-order valence-corrected chi connectivity index (χ3v) is 4.30. The van der Waals surface area contributed by atoms with Crippen LogP contribution in [0.3, 0.4) is 0 Å². The maximum Gasteiger partial charge on any atom is 0.306 e. The second-order valence-electron chi connectivity index (χ2n) is 4.40. The van der Waals surface area contributed by atoms with Gasteiger partial charge >= 0.3 is 5.97 Å². The van der Waals surface area contributed by atoms with Gasteiger partial charge in [0.15, 0.2) is 0 Å². The van der Waals surface area contributed by atoms with E-state index in [1.54, 1.807) is 11.3 Å². The van der Waals surface area contributed by atoms with E-state index in [9.17, 15) is 4.79 Å². The molecule has 0 saturated heterocycles. The van der Waals surface area contributed by atoms with Crippen LogP contribution in [0.5, 0.6) is 0 Å². The highest BCUT2D eigenvalue weighted by molar-refractivity contribution is 7.17. The average molecular weight is 232 g/mol. The van der Waals surface area contributed by atoms with E-state index >= 15 is 0 Å². The van der Waals surface area contributed by atoms with Crippen molar-refractivity contribution >= 4 is 27.4 Å². The molecule has 0 aliphatic heterocycles. The molecule has 1 aromatic carbocycles. The molecule has 1 aliphatic rings. The van der Waals surface area contributed by atoms with Crippen LogP contribution in [-0.4, -0.2) is 11.1 Å². The summed E-state index contributed by atoms with van der Waals surface area (Å²) >= 11 is 1.75. The standard InChI is InChI=1S/C13H12O2S/c14-13(15)11-6-8(11)5-9-7-16-12-4-2-1-3-10(9)12/h1-4,7-8,11H,5-6H2,(H,14,15). The van der Waals surface area contributed by atoms with E-state index in [1.165, 1.54) is 15.6 Å². The molecule has 1 heterocycles. The van der Waals surface area contributed by atoms with Gasteiger partial charge in [0.25, 0.3) is 0 Å². The maximum absolute atomic E-state index is 10.8. The first-order valence-corrected chi connectivity index (χ1v) is 6.31. The first-order valence-electron chi connectivity index (χ1n) is 5.43. The van der Waals surface area contributed by atoms with E-state index in [1.807, 2.05) is 12.1 Å². The van der Waals surface area contributed by atoms with Crippen molar-refractivity contribution in [2.75, 3.05) is 0 Å². The zero-order chi connectivity index (χ0) is 11.1. The summed E-state index contributed by atoms with van der Waals surface area (Å²) < 4.78 is 1.30. The van der Waals surface area contributed by atoms with Gasteiger partial charge in [0.05, 0.1) is 5.92 Å². The maximum atomic E-state index is 10.8. The van der Waals surface area contributed by atoms with Gasteiger partial charge in [-0.2, -0.15) is 0 Å². The van der Waals surface area contributed by atoms with Crippen LogP contribution in [0, 0.1) is 11.8 Å². The Labute approximate surface area is 97.5 Å². The topological polar surface area (TPSA) is 37.3 Å². The van der Waals surface area contributed by atoms with Crippen LogP contribution in [0.2, 0.25) is 0 Å². The molecule has 1 saturated carbocycles. The second kappa shape index (κ2) is 3.59. The summed E-state index contributed by atoms with van der Waals surface area (Å²) in [5.74, 6) is -0.376. The van der Waals surface area contributed by atoms with Crippen molar-refractivity contribution in [3.05, 3.63) is 35.2 Å². The number of fused-ring (bicyclic) bond motifs is 1. The fourth-order valence-corrected chi connectivity index (χ4v) is 3.22. The van der Waals surface area contributed by atoms with Gasteiger partial charge in [-0.05, 0) is 41.2 Å². The molecule has 0 spiro atoms. The van der Waals surface area contributed by atoms with Crippen molar-refractivity contribution in [2.24, 2.45) is 11.8 Å². The zero-order valence-corrected chi connectivity index (χ0v) is 9.54. The molecular weight excluding hydrogens is 220 g/mol. The summed E-state index contributed by atoms with van der Waals surface area (Å²) in [5.41, 5.74) is 1.31. The Balaban J connectivity index is 1.83. The van der Waals surface area contributed by atoms with Crippen LogP contribution in [0.25, 0.3) is 10.1 Å². The SMILES string of the molecule is O=C(O)C1CC1Cc1csc2ccccc12. The van der Waals surface area contributed by atoms with Crippen LogP contribution in [0.1, 0.15) is 12.0 Å². The number of thiophene rings is 1. The minimum atomic E-state index is -0.635. The summed E-state index contributed by atoms with van der Waals surface area (Å²) in [7, 11) is 0. The minimum absolute atomic E-state index is 0.0985. The molecule has 2 unspecified atom stereocenters. The molecule has 0 radical (unpaired) electrons. The van der Waals surface area contributed by atoms with Crippen LogP contribution in [0.15, 0.2) is 29.6 Å². The van der Waals surface area contributed by atoms with Gasteiger partial charge < -0.3 is 5.11 Å². The predicted molar refractivity (Wildman–Crippen MR) is 64.8 cm³/mol. The van der Waals surface area contributed by atoms with E-state index < -0.39 is 5.97 Å². The van der Waals surface area contributed by atoms with Crippen molar-refractivity contribution in [1.82, 2.24) is 0 Å². The van der Waals surface area contributed by atoms with Crippen LogP contribution < -0.4 is 0 Å².